The van der Waals surface area contributed by atoms with Gasteiger partial charge in [-0.3, -0.25) is 4.79 Å². The molecular weight excluding hydrogens is 162 g/mol. The van der Waals surface area contributed by atoms with Crippen molar-refractivity contribution in [3.63, 3.8) is 0 Å². The summed E-state index contributed by atoms with van der Waals surface area (Å²) in [5.74, 6) is 1.14. The number of rotatable bonds is 5. The normalized spacial score (nSPS) is 19.5. The number of carbonyl (C=O) groups is 1. The van der Waals surface area contributed by atoms with Crippen LogP contribution in [0.2, 0.25) is 0 Å². The van der Waals surface area contributed by atoms with Crippen LogP contribution in [0, 0.1) is 5.92 Å². The molecule has 1 aliphatic rings. The van der Waals surface area contributed by atoms with Gasteiger partial charge in [0.15, 0.2) is 0 Å². The topological polar surface area (TPSA) is 20.3 Å². The van der Waals surface area contributed by atoms with Crippen LogP contribution in [0.1, 0.15) is 46.0 Å². The fraction of sp³-hybridized carbons (Fsp3) is 0.909. The van der Waals surface area contributed by atoms with Crippen molar-refractivity contribution >= 4 is 5.91 Å². The third-order valence-corrected chi connectivity index (χ3v) is 2.84. The predicted octanol–water partition coefficient (Wildman–Crippen LogP) is 2.44. The number of nitrogens with zero attached hydrogens (tertiary/aromatic N) is 1. The van der Waals surface area contributed by atoms with Gasteiger partial charge >= 0.3 is 0 Å². The second kappa shape index (κ2) is 5.25. The van der Waals surface area contributed by atoms with E-state index in [2.05, 4.69) is 13.8 Å². The summed E-state index contributed by atoms with van der Waals surface area (Å²) in [5.41, 5.74) is 0. The highest BCUT2D eigenvalue weighted by Gasteiger charge is 2.19. The van der Waals surface area contributed by atoms with Crippen LogP contribution in [-0.2, 0) is 4.79 Å². The summed E-state index contributed by atoms with van der Waals surface area (Å²) in [6, 6.07) is 0. The van der Waals surface area contributed by atoms with Gasteiger partial charge in [-0.25, -0.2) is 0 Å². The molecule has 0 aromatic carbocycles. The van der Waals surface area contributed by atoms with Crippen molar-refractivity contribution in [3.8, 4) is 0 Å². The summed E-state index contributed by atoms with van der Waals surface area (Å²) in [5, 5.41) is 0. The third-order valence-electron chi connectivity index (χ3n) is 2.84. The molecule has 0 aromatic heterocycles. The van der Waals surface area contributed by atoms with E-state index < -0.39 is 0 Å². The first-order valence-corrected chi connectivity index (χ1v) is 5.51. The zero-order chi connectivity index (χ0) is 9.68. The quantitative estimate of drug-likeness (QED) is 0.641. The molecule has 1 amide bonds. The molecule has 2 nitrogen and oxygen atoms in total. The fourth-order valence-corrected chi connectivity index (χ4v) is 1.95. The first-order chi connectivity index (χ1) is 6.24. The minimum Gasteiger partial charge on any atom is -0.343 e. The highest BCUT2D eigenvalue weighted by Crippen LogP contribution is 2.14. The number of hydrogen-bond donors (Lipinski definition) is 0. The van der Waals surface area contributed by atoms with Crippen molar-refractivity contribution in [2.75, 3.05) is 13.1 Å². The molecule has 1 unspecified atom stereocenters. The van der Waals surface area contributed by atoms with Crippen molar-refractivity contribution in [3.05, 3.63) is 0 Å². The third kappa shape index (κ3) is 3.37. The summed E-state index contributed by atoms with van der Waals surface area (Å²) in [6.07, 6.45) is 5.58. The zero-order valence-corrected chi connectivity index (χ0v) is 8.88. The van der Waals surface area contributed by atoms with Crippen LogP contribution in [0.3, 0.4) is 0 Å². The first-order valence-electron chi connectivity index (χ1n) is 5.51. The van der Waals surface area contributed by atoms with Crippen molar-refractivity contribution in [1.29, 1.82) is 0 Å². The van der Waals surface area contributed by atoms with Crippen LogP contribution < -0.4 is 0 Å². The van der Waals surface area contributed by atoms with Crippen molar-refractivity contribution in [1.82, 2.24) is 4.90 Å². The molecule has 0 N–H and O–H groups in total. The smallest absolute Gasteiger partial charge is 0.222 e. The van der Waals surface area contributed by atoms with Gasteiger partial charge in [-0.05, 0) is 18.8 Å². The van der Waals surface area contributed by atoms with Crippen LogP contribution >= 0.6 is 0 Å². The fourth-order valence-electron chi connectivity index (χ4n) is 1.95. The lowest BCUT2D eigenvalue weighted by Crippen LogP contribution is -2.26. The Balaban J connectivity index is 2.14. The summed E-state index contributed by atoms with van der Waals surface area (Å²) in [6.45, 7) is 6.49. The van der Waals surface area contributed by atoms with Gasteiger partial charge in [0.25, 0.3) is 0 Å². The maximum absolute atomic E-state index is 11.3. The Labute approximate surface area is 81.3 Å². The van der Waals surface area contributed by atoms with Gasteiger partial charge in [0.2, 0.25) is 5.91 Å². The Kier molecular flexibility index (Phi) is 4.26. The van der Waals surface area contributed by atoms with E-state index in [-0.39, 0.29) is 0 Å². The molecule has 0 saturated carbocycles. The SMILES string of the molecule is CCCC(C)CCN1CCCC1=O. The minimum atomic E-state index is 0.365. The van der Waals surface area contributed by atoms with Crippen molar-refractivity contribution in [2.24, 2.45) is 5.92 Å². The molecule has 1 rings (SSSR count). The Hall–Kier alpha value is -0.530. The molecule has 1 heterocycles. The van der Waals surface area contributed by atoms with Crippen molar-refractivity contribution < 1.29 is 4.79 Å². The van der Waals surface area contributed by atoms with Crippen LogP contribution in [-0.4, -0.2) is 23.9 Å². The van der Waals surface area contributed by atoms with Gasteiger partial charge < -0.3 is 4.90 Å². The molecule has 0 aromatic rings. The Morgan fingerprint density at radius 2 is 2.23 bits per heavy atom. The average molecular weight is 183 g/mol. The Morgan fingerprint density at radius 3 is 2.77 bits per heavy atom. The minimum absolute atomic E-state index is 0.365. The van der Waals surface area contributed by atoms with E-state index in [0.717, 1.165) is 31.8 Å². The van der Waals surface area contributed by atoms with E-state index in [1.807, 2.05) is 4.90 Å². The van der Waals surface area contributed by atoms with E-state index in [4.69, 9.17) is 0 Å². The highest BCUT2D eigenvalue weighted by molar-refractivity contribution is 5.77. The van der Waals surface area contributed by atoms with Crippen LogP contribution in [0.15, 0.2) is 0 Å². The molecule has 0 radical (unpaired) electrons. The average Bonchev–Trinajstić information content (AvgIpc) is 2.48. The summed E-state index contributed by atoms with van der Waals surface area (Å²) >= 11 is 0. The molecule has 1 atom stereocenters. The molecule has 2 heteroatoms. The molecule has 76 valence electrons. The molecule has 1 aliphatic heterocycles. The number of amides is 1. The lowest BCUT2D eigenvalue weighted by molar-refractivity contribution is -0.127. The molecule has 1 fully saturated rings. The van der Waals surface area contributed by atoms with Gasteiger partial charge in [-0.1, -0.05) is 26.7 Å². The van der Waals surface area contributed by atoms with E-state index >= 15 is 0 Å². The molecular formula is C11H21NO. The molecule has 1 saturated heterocycles. The van der Waals surface area contributed by atoms with E-state index in [1.165, 1.54) is 19.3 Å². The molecule has 13 heavy (non-hydrogen) atoms. The molecule has 0 bridgehead atoms. The van der Waals surface area contributed by atoms with Gasteiger partial charge in [-0.2, -0.15) is 0 Å². The monoisotopic (exact) mass is 183 g/mol. The van der Waals surface area contributed by atoms with Gasteiger partial charge in [0.05, 0.1) is 0 Å². The standard InChI is InChI=1S/C11H21NO/c1-3-5-10(2)7-9-12-8-4-6-11(12)13/h10H,3-9H2,1-2H3. The molecule has 0 aliphatic carbocycles. The van der Waals surface area contributed by atoms with Crippen LogP contribution in [0.25, 0.3) is 0 Å². The summed E-state index contributed by atoms with van der Waals surface area (Å²) < 4.78 is 0. The van der Waals surface area contributed by atoms with Gasteiger partial charge in [0, 0.05) is 19.5 Å². The number of hydrogen-bond acceptors (Lipinski definition) is 1. The van der Waals surface area contributed by atoms with Gasteiger partial charge in [0.1, 0.15) is 0 Å². The second-order valence-corrected chi connectivity index (χ2v) is 4.17. The number of likely N-dealkylation sites (tertiary alicyclic amines) is 1. The van der Waals surface area contributed by atoms with Gasteiger partial charge in [-0.15, -0.1) is 0 Å². The van der Waals surface area contributed by atoms with Crippen LogP contribution in [0.5, 0.6) is 0 Å². The lowest BCUT2D eigenvalue weighted by atomic mass is 10.0. The zero-order valence-electron chi connectivity index (χ0n) is 8.88. The molecule has 0 spiro atoms. The highest BCUT2D eigenvalue weighted by atomic mass is 16.2. The summed E-state index contributed by atoms with van der Waals surface area (Å²) in [4.78, 5) is 13.3. The Bertz CT molecular complexity index is 167. The van der Waals surface area contributed by atoms with E-state index in [9.17, 15) is 4.79 Å². The number of carbonyl (C=O) groups excluding carboxylic acids is 1. The summed E-state index contributed by atoms with van der Waals surface area (Å²) in [7, 11) is 0. The predicted molar refractivity (Wildman–Crippen MR) is 54.5 cm³/mol. The van der Waals surface area contributed by atoms with E-state index in [1.54, 1.807) is 0 Å². The van der Waals surface area contributed by atoms with Crippen LogP contribution in [0.4, 0.5) is 0 Å². The second-order valence-electron chi connectivity index (χ2n) is 4.17. The van der Waals surface area contributed by atoms with E-state index in [0.29, 0.717) is 5.91 Å². The lowest BCUT2D eigenvalue weighted by Gasteiger charge is -2.18. The maximum atomic E-state index is 11.3. The largest absolute Gasteiger partial charge is 0.343 e. The van der Waals surface area contributed by atoms with Crippen molar-refractivity contribution in [2.45, 2.75) is 46.0 Å². The maximum Gasteiger partial charge on any atom is 0.222 e. The first kappa shape index (κ1) is 10.6. The Morgan fingerprint density at radius 1 is 1.46 bits per heavy atom.